The predicted octanol–water partition coefficient (Wildman–Crippen LogP) is 3.42. The maximum atomic E-state index is 5.88. The molecule has 2 heterocycles. The number of nitrogen functional groups attached to an aromatic ring is 1. The summed E-state index contributed by atoms with van der Waals surface area (Å²) in [6, 6.07) is 11.3. The molecule has 0 spiro atoms. The van der Waals surface area contributed by atoms with Crippen LogP contribution in [0.3, 0.4) is 0 Å². The zero-order chi connectivity index (χ0) is 15.5. The number of nitrogens with two attached hydrogens (primary N) is 1. The van der Waals surface area contributed by atoms with E-state index in [2.05, 4.69) is 29.9 Å². The summed E-state index contributed by atoms with van der Waals surface area (Å²) in [6.45, 7) is 4.23. The lowest BCUT2D eigenvalue weighted by Gasteiger charge is -2.27. The molecule has 0 bridgehead atoms. The average molecular weight is 295 g/mol. The van der Waals surface area contributed by atoms with Crippen LogP contribution >= 0.6 is 0 Å². The van der Waals surface area contributed by atoms with Crippen LogP contribution in [-0.4, -0.2) is 30.0 Å². The number of hydrogen-bond acceptors (Lipinski definition) is 4. The molecule has 114 valence electrons. The summed E-state index contributed by atoms with van der Waals surface area (Å²) >= 11 is 0. The van der Waals surface area contributed by atoms with Crippen molar-refractivity contribution < 1.29 is 4.74 Å². The van der Waals surface area contributed by atoms with Gasteiger partial charge in [0, 0.05) is 37.1 Å². The smallest absolute Gasteiger partial charge is 0.131 e. The highest BCUT2D eigenvalue weighted by Crippen LogP contribution is 2.27. The Hall–Kier alpha value is -2.33. The topological polar surface area (TPSA) is 51.4 Å². The number of hydrogen-bond donors (Lipinski definition) is 1. The first-order chi connectivity index (χ1) is 10.6. The molecule has 1 unspecified atom stereocenters. The largest absolute Gasteiger partial charge is 0.457 e. The van der Waals surface area contributed by atoms with E-state index in [1.165, 1.54) is 5.57 Å². The number of aromatic nitrogens is 1. The number of benzene rings is 1. The lowest BCUT2D eigenvalue weighted by Crippen LogP contribution is -2.29. The summed E-state index contributed by atoms with van der Waals surface area (Å²) in [5, 5.41) is 0. The Morgan fingerprint density at radius 2 is 2.05 bits per heavy atom. The van der Waals surface area contributed by atoms with Gasteiger partial charge in [0.1, 0.15) is 11.5 Å². The van der Waals surface area contributed by atoms with Crippen LogP contribution in [0.15, 0.2) is 48.7 Å². The molecule has 0 aliphatic carbocycles. The fourth-order valence-electron chi connectivity index (χ4n) is 2.83. The molecular weight excluding hydrogens is 274 g/mol. The van der Waals surface area contributed by atoms with Gasteiger partial charge in [0.25, 0.3) is 0 Å². The average Bonchev–Trinajstić information content (AvgIpc) is 2.46. The molecule has 2 N–H and O–H groups in total. The highest BCUT2D eigenvalue weighted by molar-refractivity contribution is 5.66. The summed E-state index contributed by atoms with van der Waals surface area (Å²) in [7, 11) is 2.14. The molecule has 1 aliphatic rings. The van der Waals surface area contributed by atoms with Gasteiger partial charge in [-0.1, -0.05) is 19.1 Å². The monoisotopic (exact) mass is 295 g/mol. The van der Waals surface area contributed by atoms with Gasteiger partial charge in [-0.15, -0.1) is 0 Å². The zero-order valence-corrected chi connectivity index (χ0v) is 13.0. The molecule has 3 rings (SSSR count). The molecule has 0 saturated heterocycles. The van der Waals surface area contributed by atoms with Crippen LogP contribution in [0.25, 0.3) is 5.57 Å². The van der Waals surface area contributed by atoms with Gasteiger partial charge in [0.2, 0.25) is 0 Å². The second kappa shape index (κ2) is 6.20. The molecule has 0 amide bonds. The Morgan fingerprint density at radius 1 is 1.23 bits per heavy atom. The third-order valence-corrected chi connectivity index (χ3v) is 3.68. The molecule has 0 fully saturated rings. The highest BCUT2D eigenvalue weighted by atomic mass is 16.5. The maximum Gasteiger partial charge on any atom is 0.131 e. The van der Waals surface area contributed by atoms with Crippen molar-refractivity contribution in [3.05, 3.63) is 54.4 Å². The first-order valence-electron chi connectivity index (χ1n) is 7.49. The van der Waals surface area contributed by atoms with E-state index >= 15 is 0 Å². The lowest BCUT2D eigenvalue weighted by molar-refractivity contribution is 0.329. The second-order valence-electron chi connectivity index (χ2n) is 5.92. The minimum atomic E-state index is 0.536. The van der Waals surface area contributed by atoms with Gasteiger partial charge in [-0.05, 0) is 36.7 Å². The number of ether oxygens (including phenoxy) is 1. The molecule has 0 radical (unpaired) electrons. The van der Waals surface area contributed by atoms with Crippen molar-refractivity contribution in [1.29, 1.82) is 0 Å². The summed E-state index contributed by atoms with van der Waals surface area (Å²) in [4.78, 5) is 6.80. The SMILES string of the molecule is CC1C=C(c2cc(Oc3cccc(N)c3)ccn2)CN(C)C1. The summed E-state index contributed by atoms with van der Waals surface area (Å²) < 4.78 is 5.88. The van der Waals surface area contributed by atoms with Crippen LogP contribution in [0, 0.1) is 5.92 Å². The first kappa shape index (κ1) is 14.6. The van der Waals surface area contributed by atoms with Crippen LogP contribution < -0.4 is 10.5 Å². The third kappa shape index (κ3) is 3.46. The normalized spacial score (nSPS) is 18.8. The van der Waals surface area contributed by atoms with E-state index in [4.69, 9.17) is 10.5 Å². The number of pyridine rings is 1. The zero-order valence-electron chi connectivity index (χ0n) is 13.0. The van der Waals surface area contributed by atoms with E-state index in [0.717, 1.165) is 30.3 Å². The van der Waals surface area contributed by atoms with Crippen LogP contribution in [0.2, 0.25) is 0 Å². The van der Waals surface area contributed by atoms with Gasteiger partial charge in [-0.2, -0.15) is 0 Å². The van der Waals surface area contributed by atoms with E-state index in [1.54, 1.807) is 6.20 Å². The molecule has 4 nitrogen and oxygen atoms in total. The quantitative estimate of drug-likeness (QED) is 0.882. The van der Waals surface area contributed by atoms with E-state index < -0.39 is 0 Å². The van der Waals surface area contributed by atoms with Gasteiger partial charge in [-0.25, -0.2) is 0 Å². The number of anilines is 1. The van der Waals surface area contributed by atoms with E-state index in [9.17, 15) is 0 Å². The maximum absolute atomic E-state index is 5.88. The number of nitrogens with zero attached hydrogens (tertiary/aromatic N) is 2. The molecule has 2 aromatic rings. The van der Waals surface area contributed by atoms with Crippen LogP contribution in [0.4, 0.5) is 5.69 Å². The van der Waals surface area contributed by atoms with Gasteiger partial charge in [0.15, 0.2) is 0 Å². The van der Waals surface area contributed by atoms with E-state index in [-0.39, 0.29) is 0 Å². The highest BCUT2D eigenvalue weighted by Gasteiger charge is 2.16. The third-order valence-electron chi connectivity index (χ3n) is 3.68. The molecule has 1 aromatic heterocycles. The van der Waals surface area contributed by atoms with E-state index in [0.29, 0.717) is 11.6 Å². The second-order valence-corrected chi connectivity index (χ2v) is 5.92. The lowest BCUT2D eigenvalue weighted by atomic mass is 9.99. The Bertz CT molecular complexity index is 696. The molecule has 4 heteroatoms. The van der Waals surface area contributed by atoms with Crippen LogP contribution in [0.1, 0.15) is 12.6 Å². The standard InChI is InChI=1S/C18H21N3O/c1-13-8-14(12-21(2)11-13)18-10-17(6-7-20-18)22-16-5-3-4-15(19)9-16/h3-10,13H,11-12,19H2,1-2H3. The van der Waals surface area contributed by atoms with Crippen molar-refractivity contribution in [2.75, 3.05) is 25.9 Å². The molecule has 22 heavy (non-hydrogen) atoms. The van der Waals surface area contributed by atoms with Crippen molar-refractivity contribution >= 4 is 11.3 Å². The molecule has 0 saturated carbocycles. The Labute approximate surface area is 131 Å². The minimum Gasteiger partial charge on any atom is -0.457 e. The fourth-order valence-corrected chi connectivity index (χ4v) is 2.83. The summed E-state index contributed by atoms with van der Waals surface area (Å²) in [6.07, 6.45) is 4.09. The molecule has 1 aliphatic heterocycles. The van der Waals surface area contributed by atoms with Crippen molar-refractivity contribution in [3.8, 4) is 11.5 Å². The summed E-state index contributed by atoms with van der Waals surface area (Å²) in [5.74, 6) is 2.05. The van der Waals surface area contributed by atoms with Gasteiger partial charge in [-0.3, -0.25) is 4.98 Å². The molecule has 1 aromatic carbocycles. The first-order valence-corrected chi connectivity index (χ1v) is 7.49. The Balaban J connectivity index is 1.84. The summed E-state index contributed by atoms with van der Waals surface area (Å²) in [5.41, 5.74) is 8.70. The van der Waals surface area contributed by atoms with Crippen molar-refractivity contribution in [1.82, 2.24) is 9.88 Å². The minimum absolute atomic E-state index is 0.536. The van der Waals surface area contributed by atoms with Crippen LogP contribution in [0.5, 0.6) is 11.5 Å². The van der Waals surface area contributed by atoms with Gasteiger partial charge in [0.05, 0.1) is 5.69 Å². The van der Waals surface area contributed by atoms with E-state index in [1.807, 2.05) is 36.4 Å². The molecular formula is C18H21N3O. The number of likely N-dealkylation sites (N-methyl/N-ethyl adjacent to an activating group) is 1. The van der Waals surface area contributed by atoms with Crippen LogP contribution in [-0.2, 0) is 0 Å². The van der Waals surface area contributed by atoms with Gasteiger partial charge >= 0.3 is 0 Å². The van der Waals surface area contributed by atoms with Crippen molar-refractivity contribution in [2.24, 2.45) is 5.92 Å². The van der Waals surface area contributed by atoms with Crippen molar-refractivity contribution in [2.45, 2.75) is 6.92 Å². The Morgan fingerprint density at radius 3 is 2.82 bits per heavy atom. The Kier molecular flexibility index (Phi) is 4.11. The van der Waals surface area contributed by atoms with Gasteiger partial charge < -0.3 is 15.4 Å². The van der Waals surface area contributed by atoms with Crippen molar-refractivity contribution in [3.63, 3.8) is 0 Å². The molecule has 1 atom stereocenters. The number of rotatable bonds is 3. The predicted molar refractivity (Wildman–Crippen MR) is 89.8 cm³/mol. The fraction of sp³-hybridized carbons (Fsp3) is 0.278.